The summed E-state index contributed by atoms with van der Waals surface area (Å²) in [5.74, 6) is 1.80. The summed E-state index contributed by atoms with van der Waals surface area (Å²) in [6, 6.07) is 18.4. The first-order chi connectivity index (χ1) is 18.0. The van der Waals surface area contributed by atoms with Crippen molar-refractivity contribution in [3.05, 3.63) is 98.2 Å². The van der Waals surface area contributed by atoms with Gasteiger partial charge >= 0.3 is 0 Å². The maximum atomic E-state index is 13.5. The van der Waals surface area contributed by atoms with Gasteiger partial charge in [0.15, 0.2) is 17.3 Å². The van der Waals surface area contributed by atoms with Gasteiger partial charge in [-0.1, -0.05) is 43.0 Å². The minimum atomic E-state index is -0.316. The number of aromatic nitrogens is 2. The van der Waals surface area contributed by atoms with Crippen molar-refractivity contribution in [1.29, 1.82) is 0 Å². The third-order valence-corrected chi connectivity index (χ3v) is 7.66. The van der Waals surface area contributed by atoms with Gasteiger partial charge in [-0.2, -0.15) is 9.78 Å². The van der Waals surface area contributed by atoms with Crippen LogP contribution in [0.25, 0.3) is 33.5 Å². The lowest BCUT2D eigenvalue weighted by Gasteiger charge is -2.15. The van der Waals surface area contributed by atoms with E-state index in [1.807, 2.05) is 43.3 Å². The van der Waals surface area contributed by atoms with E-state index in [0.717, 1.165) is 5.39 Å². The Hall–Kier alpha value is -3.69. The Morgan fingerprint density at radius 2 is 1.86 bits per heavy atom. The molecular formula is C28H21Br2N3O4. The van der Waals surface area contributed by atoms with Gasteiger partial charge in [-0.25, -0.2) is 4.98 Å². The number of ether oxygens (including phenoxy) is 2. The van der Waals surface area contributed by atoms with Gasteiger partial charge in [-0.3, -0.25) is 4.79 Å². The highest BCUT2D eigenvalue weighted by Crippen LogP contribution is 2.42. The second-order valence-corrected chi connectivity index (χ2v) is 9.50. The van der Waals surface area contributed by atoms with Crippen molar-refractivity contribution in [2.24, 2.45) is 5.10 Å². The van der Waals surface area contributed by atoms with Crippen LogP contribution in [0, 0.1) is 0 Å². The standard InChI is InChI=1S/C28H21Br2N3O4/c1-3-13-36-26-22(35-4-2)15-18(24(29)25(26)30)16-31-33-27(23-14-17-9-5-8-12-21(17)37-23)32-20-11-7-6-10-19(20)28(33)34/h3,5-12,14-16H,1,4,13H2,2H3. The molecule has 0 spiro atoms. The summed E-state index contributed by atoms with van der Waals surface area (Å²) in [6.07, 6.45) is 3.23. The van der Waals surface area contributed by atoms with E-state index in [0.29, 0.717) is 67.3 Å². The second kappa shape index (κ2) is 10.7. The summed E-state index contributed by atoms with van der Waals surface area (Å²) < 4.78 is 20.2. The van der Waals surface area contributed by atoms with Crippen LogP contribution in [0.15, 0.2) is 96.6 Å². The minimum absolute atomic E-state index is 0.294. The molecule has 0 saturated heterocycles. The van der Waals surface area contributed by atoms with Crippen molar-refractivity contribution in [3.63, 3.8) is 0 Å². The lowest BCUT2D eigenvalue weighted by molar-refractivity contribution is 0.295. The summed E-state index contributed by atoms with van der Waals surface area (Å²) in [5.41, 5.74) is 1.60. The third-order valence-electron chi connectivity index (χ3n) is 5.51. The Balaban J connectivity index is 1.68. The van der Waals surface area contributed by atoms with Crippen LogP contribution in [0.1, 0.15) is 12.5 Å². The summed E-state index contributed by atoms with van der Waals surface area (Å²) >= 11 is 7.19. The van der Waals surface area contributed by atoms with Crippen LogP contribution in [0.2, 0.25) is 0 Å². The number of rotatable bonds is 8. The summed E-state index contributed by atoms with van der Waals surface area (Å²) in [7, 11) is 0. The SMILES string of the molecule is C=CCOc1c(OCC)cc(C=Nn2c(-c3cc4ccccc4o3)nc3ccccc3c2=O)c(Br)c1Br. The Kier molecular flexibility index (Phi) is 7.25. The van der Waals surface area contributed by atoms with E-state index in [1.165, 1.54) is 4.68 Å². The van der Waals surface area contributed by atoms with E-state index >= 15 is 0 Å². The lowest BCUT2D eigenvalue weighted by atomic mass is 10.2. The first-order valence-electron chi connectivity index (χ1n) is 11.5. The second-order valence-electron chi connectivity index (χ2n) is 7.92. The van der Waals surface area contributed by atoms with Crippen LogP contribution < -0.4 is 15.0 Å². The van der Waals surface area contributed by atoms with E-state index in [4.69, 9.17) is 18.9 Å². The number of fused-ring (bicyclic) bond motifs is 2. The van der Waals surface area contributed by atoms with Crippen LogP contribution in [0.4, 0.5) is 0 Å². The molecule has 0 unspecified atom stereocenters. The fourth-order valence-corrected chi connectivity index (χ4v) is 4.78. The predicted octanol–water partition coefficient (Wildman–Crippen LogP) is 7.18. The van der Waals surface area contributed by atoms with Crippen LogP contribution in [-0.4, -0.2) is 29.1 Å². The number of benzene rings is 3. The summed E-state index contributed by atoms with van der Waals surface area (Å²) in [5, 5.41) is 5.91. The summed E-state index contributed by atoms with van der Waals surface area (Å²) in [4.78, 5) is 18.3. The first kappa shape index (κ1) is 25.0. The zero-order chi connectivity index (χ0) is 25.9. The number of furan rings is 1. The third kappa shape index (κ3) is 4.84. The highest BCUT2D eigenvalue weighted by molar-refractivity contribution is 9.13. The van der Waals surface area contributed by atoms with Crippen molar-refractivity contribution in [1.82, 2.24) is 9.66 Å². The molecule has 0 aliphatic heterocycles. The molecule has 2 heterocycles. The highest BCUT2D eigenvalue weighted by atomic mass is 79.9. The normalized spacial score (nSPS) is 11.4. The number of hydrogen-bond donors (Lipinski definition) is 0. The van der Waals surface area contributed by atoms with Crippen molar-refractivity contribution in [2.45, 2.75) is 6.92 Å². The molecule has 0 N–H and O–H groups in total. The van der Waals surface area contributed by atoms with E-state index in [9.17, 15) is 4.79 Å². The Bertz CT molecular complexity index is 1690. The van der Waals surface area contributed by atoms with Crippen LogP contribution >= 0.6 is 31.9 Å². The molecule has 0 aliphatic carbocycles. The number of halogens is 2. The zero-order valence-corrected chi connectivity index (χ0v) is 23.0. The van der Waals surface area contributed by atoms with E-state index in [-0.39, 0.29) is 5.56 Å². The molecule has 5 aromatic rings. The topological polar surface area (TPSA) is 78.8 Å². The van der Waals surface area contributed by atoms with Crippen LogP contribution in [0.3, 0.4) is 0 Å². The zero-order valence-electron chi connectivity index (χ0n) is 19.8. The fraction of sp³-hybridized carbons (Fsp3) is 0.107. The Labute approximate surface area is 229 Å². The van der Waals surface area contributed by atoms with E-state index in [1.54, 1.807) is 36.6 Å². The molecule has 3 aromatic carbocycles. The average molecular weight is 623 g/mol. The molecular weight excluding hydrogens is 602 g/mol. The number of hydrogen-bond acceptors (Lipinski definition) is 6. The largest absolute Gasteiger partial charge is 0.490 e. The number of para-hydroxylation sites is 2. The van der Waals surface area contributed by atoms with Gasteiger partial charge in [0.05, 0.1) is 28.2 Å². The van der Waals surface area contributed by atoms with E-state index < -0.39 is 0 Å². The van der Waals surface area contributed by atoms with E-state index in [2.05, 4.69) is 43.5 Å². The van der Waals surface area contributed by atoms with Crippen molar-refractivity contribution < 1.29 is 13.9 Å². The molecule has 5 rings (SSSR count). The molecule has 2 aromatic heterocycles. The smallest absolute Gasteiger partial charge is 0.282 e. The fourth-order valence-electron chi connectivity index (χ4n) is 3.84. The molecule has 37 heavy (non-hydrogen) atoms. The molecule has 0 radical (unpaired) electrons. The molecule has 0 atom stereocenters. The van der Waals surface area contributed by atoms with Crippen molar-refractivity contribution in [3.8, 4) is 23.1 Å². The highest BCUT2D eigenvalue weighted by Gasteiger charge is 2.19. The van der Waals surface area contributed by atoms with Crippen LogP contribution in [-0.2, 0) is 0 Å². The monoisotopic (exact) mass is 621 g/mol. The van der Waals surface area contributed by atoms with Gasteiger partial charge in [-0.05, 0) is 69.1 Å². The Morgan fingerprint density at radius 3 is 2.65 bits per heavy atom. The molecule has 0 bridgehead atoms. The van der Waals surface area contributed by atoms with Crippen molar-refractivity contribution >= 4 is 59.9 Å². The van der Waals surface area contributed by atoms with Gasteiger partial charge in [0.1, 0.15) is 12.2 Å². The molecule has 7 nitrogen and oxygen atoms in total. The first-order valence-corrected chi connectivity index (χ1v) is 13.0. The molecule has 0 amide bonds. The minimum Gasteiger partial charge on any atom is -0.490 e. The molecule has 9 heteroatoms. The van der Waals surface area contributed by atoms with Gasteiger partial charge < -0.3 is 13.9 Å². The van der Waals surface area contributed by atoms with Crippen molar-refractivity contribution in [2.75, 3.05) is 13.2 Å². The molecule has 0 fully saturated rings. The van der Waals surface area contributed by atoms with Gasteiger partial charge in [-0.15, -0.1) is 0 Å². The maximum absolute atomic E-state index is 13.5. The van der Waals surface area contributed by atoms with Gasteiger partial charge in [0.2, 0.25) is 5.82 Å². The summed E-state index contributed by atoms with van der Waals surface area (Å²) in [6.45, 7) is 6.35. The van der Waals surface area contributed by atoms with Gasteiger partial charge in [0, 0.05) is 15.4 Å². The Morgan fingerprint density at radius 1 is 1.08 bits per heavy atom. The van der Waals surface area contributed by atoms with Crippen LogP contribution in [0.5, 0.6) is 11.5 Å². The molecule has 0 aliphatic rings. The number of nitrogens with zero attached hydrogens (tertiary/aromatic N) is 3. The average Bonchev–Trinajstić information content (AvgIpc) is 3.35. The quantitative estimate of drug-likeness (QED) is 0.135. The lowest BCUT2D eigenvalue weighted by Crippen LogP contribution is -2.20. The maximum Gasteiger partial charge on any atom is 0.282 e. The molecule has 0 saturated carbocycles. The van der Waals surface area contributed by atoms with Gasteiger partial charge in [0.25, 0.3) is 5.56 Å². The molecule has 186 valence electrons. The predicted molar refractivity (Wildman–Crippen MR) is 153 cm³/mol.